The average Bonchev–Trinajstić information content (AvgIpc) is 2.48. The Morgan fingerprint density at radius 1 is 1.17 bits per heavy atom. The Balaban J connectivity index is 0.00000208. The number of hydrogen-bond acceptors (Lipinski definition) is 3. The molecular formula is C17H23ClF2N2O2. The molecule has 4 nitrogen and oxygen atoms in total. The molecule has 0 aliphatic heterocycles. The molecule has 0 radical (unpaired) electrons. The third kappa shape index (κ3) is 4.36. The Bertz CT molecular complexity index is 542. The lowest BCUT2D eigenvalue weighted by molar-refractivity contribution is -0.0498. The van der Waals surface area contributed by atoms with Crippen LogP contribution in [0.15, 0.2) is 24.3 Å². The molecule has 2 aliphatic rings. The van der Waals surface area contributed by atoms with Crippen molar-refractivity contribution in [3.8, 4) is 5.75 Å². The first kappa shape index (κ1) is 18.9. The van der Waals surface area contributed by atoms with Crippen LogP contribution in [0.1, 0.15) is 42.5 Å². The first-order valence-electron chi connectivity index (χ1n) is 8.14. The van der Waals surface area contributed by atoms with Gasteiger partial charge in [-0.15, -0.1) is 12.4 Å². The van der Waals surface area contributed by atoms with Crippen LogP contribution in [0.3, 0.4) is 0 Å². The van der Waals surface area contributed by atoms with Crippen molar-refractivity contribution >= 4 is 18.3 Å². The van der Waals surface area contributed by atoms with E-state index in [2.05, 4.69) is 10.1 Å². The summed E-state index contributed by atoms with van der Waals surface area (Å²) < 4.78 is 28.6. The van der Waals surface area contributed by atoms with Gasteiger partial charge in [-0.25, -0.2) is 0 Å². The van der Waals surface area contributed by atoms with Gasteiger partial charge in [0.25, 0.3) is 5.91 Å². The van der Waals surface area contributed by atoms with Crippen molar-refractivity contribution in [2.75, 3.05) is 0 Å². The predicted molar refractivity (Wildman–Crippen MR) is 89.6 cm³/mol. The minimum atomic E-state index is -2.86. The van der Waals surface area contributed by atoms with Crippen molar-refractivity contribution in [1.82, 2.24) is 5.32 Å². The number of ether oxygens (including phenoxy) is 1. The van der Waals surface area contributed by atoms with Gasteiger partial charge in [0.05, 0.1) is 0 Å². The summed E-state index contributed by atoms with van der Waals surface area (Å²) in [6, 6.07) is 6.21. The highest BCUT2D eigenvalue weighted by Crippen LogP contribution is 2.39. The number of carbonyl (C=O) groups excluding carboxylic acids is 1. The standard InChI is InChI=1S/C17H22F2N2O2.ClH/c18-17(19)23-14-6-4-10(5-7-14)16(22)21-15-11-2-1-3-12(15)9-13(20)8-11;/h4-7,11-13,15,17H,1-3,8-9,20H2,(H,21,22);1H. The summed E-state index contributed by atoms with van der Waals surface area (Å²) in [5.41, 5.74) is 6.56. The second kappa shape index (κ2) is 8.12. The van der Waals surface area contributed by atoms with Gasteiger partial charge in [-0.05, 0) is 61.8 Å². The molecule has 0 heterocycles. The Morgan fingerprint density at radius 2 is 1.75 bits per heavy atom. The highest BCUT2D eigenvalue weighted by Gasteiger charge is 2.39. The van der Waals surface area contributed by atoms with Gasteiger partial charge in [0, 0.05) is 17.6 Å². The van der Waals surface area contributed by atoms with Crippen LogP contribution in [0, 0.1) is 11.8 Å². The van der Waals surface area contributed by atoms with E-state index in [4.69, 9.17) is 5.73 Å². The maximum atomic E-state index is 12.4. The summed E-state index contributed by atoms with van der Waals surface area (Å²) in [6.45, 7) is -2.86. The summed E-state index contributed by atoms with van der Waals surface area (Å²) >= 11 is 0. The number of nitrogens with one attached hydrogen (secondary N) is 1. The third-order valence-corrected chi connectivity index (χ3v) is 5.02. The van der Waals surface area contributed by atoms with E-state index in [0.717, 1.165) is 25.7 Å². The molecule has 2 saturated carbocycles. The topological polar surface area (TPSA) is 64.3 Å². The third-order valence-electron chi connectivity index (χ3n) is 5.02. The average molecular weight is 361 g/mol. The molecule has 1 aromatic rings. The van der Waals surface area contributed by atoms with Gasteiger partial charge < -0.3 is 15.8 Å². The second-order valence-electron chi connectivity index (χ2n) is 6.58. The number of alkyl halides is 2. The number of benzene rings is 1. The second-order valence-corrected chi connectivity index (χ2v) is 6.58. The van der Waals surface area contributed by atoms with Crippen LogP contribution >= 0.6 is 12.4 Å². The Labute approximate surface area is 146 Å². The molecule has 1 aromatic carbocycles. The number of rotatable bonds is 4. The quantitative estimate of drug-likeness (QED) is 0.865. The highest BCUT2D eigenvalue weighted by atomic mass is 35.5. The number of carbonyl (C=O) groups is 1. The molecule has 2 aliphatic carbocycles. The molecule has 134 valence electrons. The van der Waals surface area contributed by atoms with Crippen LogP contribution in [0.4, 0.5) is 8.78 Å². The van der Waals surface area contributed by atoms with E-state index in [1.807, 2.05) is 0 Å². The zero-order chi connectivity index (χ0) is 16.4. The van der Waals surface area contributed by atoms with Crippen molar-refractivity contribution in [3.63, 3.8) is 0 Å². The number of halogens is 3. The van der Waals surface area contributed by atoms with Gasteiger partial charge in [0.2, 0.25) is 0 Å². The molecule has 2 atom stereocenters. The molecule has 2 fully saturated rings. The van der Waals surface area contributed by atoms with Gasteiger partial charge in [-0.3, -0.25) is 4.79 Å². The zero-order valence-corrected chi connectivity index (χ0v) is 14.1. The van der Waals surface area contributed by atoms with Crippen LogP contribution < -0.4 is 15.8 Å². The molecule has 0 aromatic heterocycles. The van der Waals surface area contributed by atoms with E-state index in [0.29, 0.717) is 17.4 Å². The fourth-order valence-electron chi connectivity index (χ4n) is 4.05. The van der Waals surface area contributed by atoms with Gasteiger partial charge >= 0.3 is 6.61 Å². The fraction of sp³-hybridized carbons (Fsp3) is 0.588. The lowest BCUT2D eigenvalue weighted by Crippen LogP contribution is -2.53. The molecule has 0 saturated heterocycles. The van der Waals surface area contributed by atoms with Crippen molar-refractivity contribution in [3.05, 3.63) is 29.8 Å². The van der Waals surface area contributed by atoms with Gasteiger partial charge in [-0.2, -0.15) is 8.78 Å². The summed E-state index contributed by atoms with van der Waals surface area (Å²) in [5.74, 6) is 0.786. The van der Waals surface area contributed by atoms with E-state index in [9.17, 15) is 13.6 Å². The molecule has 2 unspecified atom stereocenters. The normalized spacial score (nSPS) is 28.8. The van der Waals surface area contributed by atoms with Gasteiger partial charge in [-0.1, -0.05) is 6.42 Å². The van der Waals surface area contributed by atoms with Crippen molar-refractivity contribution in [2.45, 2.75) is 50.8 Å². The highest BCUT2D eigenvalue weighted by molar-refractivity contribution is 5.94. The van der Waals surface area contributed by atoms with Crippen LogP contribution in [0.2, 0.25) is 0 Å². The molecule has 3 N–H and O–H groups in total. The summed E-state index contributed by atoms with van der Waals surface area (Å²) in [7, 11) is 0. The molecule has 7 heteroatoms. The first-order valence-corrected chi connectivity index (χ1v) is 8.14. The molecule has 1 amide bonds. The Hall–Kier alpha value is -1.40. The smallest absolute Gasteiger partial charge is 0.387 e. The van der Waals surface area contributed by atoms with E-state index in [-0.39, 0.29) is 36.1 Å². The Morgan fingerprint density at radius 3 is 2.29 bits per heavy atom. The lowest BCUT2D eigenvalue weighted by Gasteiger charge is -2.45. The molecule has 0 spiro atoms. The number of fused-ring (bicyclic) bond motifs is 2. The van der Waals surface area contributed by atoms with Gasteiger partial charge in [0.15, 0.2) is 0 Å². The van der Waals surface area contributed by atoms with E-state index >= 15 is 0 Å². The van der Waals surface area contributed by atoms with Crippen molar-refractivity contribution < 1.29 is 18.3 Å². The maximum absolute atomic E-state index is 12.4. The lowest BCUT2D eigenvalue weighted by atomic mass is 9.67. The molecule has 2 bridgehead atoms. The van der Waals surface area contributed by atoms with Gasteiger partial charge in [0.1, 0.15) is 5.75 Å². The van der Waals surface area contributed by atoms with Crippen LogP contribution in [-0.4, -0.2) is 24.6 Å². The van der Waals surface area contributed by atoms with Crippen molar-refractivity contribution in [1.29, 1.82) is 0 Å². The largest absolute Gasteiger partial charge is 0.435 e. The minimum absolute atomic E-state index is 0. The molecule has 3 rings (SSSR count). The minimum Gasteiger partial charge on any atom is -0.435 e. The van der Waals surface area contributed by atoms with Crippen LogP contribution in [-0.2, 0) is 0 Å². The van der Waals surface area contributed by atoms with E-state index < -0.39 is 6.61 Å². The number of amides is 1. The van der Waals surface area contributed by atoms with E-state index in [1.165, 1.54) is 30.7 Å². The first-order chi connectivity index (χ1) is 11.0. The summed E-state index contributed by atoms with van der Waals surface area (Å²) in [6.07, 6.45) is 5.34. The SMILES string of the molecule is Cl.NC1CC2CCCC(C1)C2NC(=O)c1ccc(OC(F)F)cc1. The number of hydrogen-bond donors (Lipinski definition) is 2. The van der Waals surface area contributed by atoms with Crippen LogP contribution in [0.25, 0.3) is 0 Å². The van der Waals surface area contributed by atoms with Crippen LogP contribution in [0.5, 0.6) is 5.75 Å². The maximum Gasteiger partial charge on any atom is 0.387 e. The van der Waals surface area contributed by atoms with E-state index in [1.54, 1.807) is 0 Å². The molecule has 24 heavy (non-hydrogen) atoms. The number of nitrogens with two attached hydrogens (primary N) is 1. The molecular weight excluding hydrogens is 338 g/mol. The Kier molecular flexibility index (Phi) is 6.40. The van der Waals surface area contributed by atoms with Crippen molar-refractivity contribution in [2.24, 2.45) is 17.6 Å². The summed E-state index contributed by atoms with van der Waals surface area (Å²) in [5, 5.41) is 3.13. The zero-order valence-electron chi connectivity index (χ0n) is 13.3. The summed E-state index contributed by atoms with van der Waals surface area (Å²) in [4.78, 5) is 12.4. The monoisotopic (exact) mass is 360 g/mol. The predicted octanol–water partition coefficient (Wildman–Crippen LogP) is 3.35. The fourth-order valence-corrected chi connectivity index (χ4v) is 4.05.